The number of aliphatic carboxylic acids is 1. The molecule has 98 valence electrons. The molecular weight excluding hydrogens is 226 g/mol. The Hall–Kier alpha value is -1.35. The van der Waals surface area contributed by atoms with Gasteiger partial charge in [-0.2, -0.15) is 0 Å². The summed E-state index contributed by atoms with van der Waals surface area (Å²) in [4.78, 5) is 11.1. The van der Waals surface area contributed by atoms with E-state index < -0.39 is 5.97 Å². The van der Waals surface area contributed by atoms with Crippen LogP contribution in [0.25, 0.3) is 0 Å². The van der Waals surface area contributed by atoms with Crippen molar-refractivity contribution in [2.45, 2.75) is 38.0 Å². The van der Waals surface area contributed by atoms with Crippen molar-refractivity contribution in [1.82, 2.24) is 5.32 Å². The Morgan fingerprint density at radius 3 is 2.39 bits per heavy atom. The first-order valence-corrected chi connectivity index (χ1v) is 6.68. The minimum atomic E-state index is -0.698. The number of nitrogens with one attached hydrogen (secondary N) is 1. The number of carboxylic acids is 1. The summed E-state index contributed by atoms with van der Waals surface area (Å²) in [6.07, 6.45) is 3.07. The van der Waals surface area contributed by atoms with Crippen molar-refractivity contribution in [2.24, 2.45) is 0 Å². The Kier molecular flexibility index (Phi) is 4.02. The predicted octanol–water partition coefficient (Wildman–Crippen LogP) is 2.34. The van der Waals surface area contributed by atoms with E-state index in [0.29, 0.717) is 0 Å². The molecule has 3 nitrogen and oxygen atoms in total. The van der Waals surface area contributed by atoms with Gasteiger partial charge in [-0.1, -0.05) is 31.2 Å². The average Bonchev–Trinajstić information content (AvgIpc) is 2.39. The van der Waals surface area contributed by atoms with Crippen LogP contribution in [-0.4, -0.2) is 24.2 Å². The van der Waals surface area contributed by atoms with Crippen LogP contribution < -0.4 is 5.32 Å². The maximum atomic E-state index is 11.1. The molecule has 1 saturated heterocycles. The van der Waals surface area contributed by atoms with E-state index in [1.807, 2.05) is 0 Å². The standard InChI is InChI=1S/C15H21NO2/c1-2-12-3-5-13(6-4-12)15(11-14(17)18)7-9-16-10-8-15/h3-6,16H,2,7-11H2,1H3,(H,17,18). The van der Waals surface area contributed by atoms with E-state index in [1.54, 1.807) is 0 Å². The van der Waals surface area contributed by atoms with Gasteiger partial charge in [-0.05, 0) is 43.5 Å². The highest BCUT2D eigenvalue weighted by molar-refractivity contribution is 5.69. The van der Waals surface area contributed by atoms with Gasteiger partial charge in [0.1, 0.15) is 0 Å². The van der Waals surface area contributed by atoms with Gasteiger partial charge in [-0.3, -0.25) is 4.79 Å². The monoisotopic (exact) mass is 247 g/mol. The number of carbonyl (C=O) groups is 1. The number of rotatable bonds is 4. The van der Waals surface area contributed by atoms with Gasteiger partial charge >= 0.3 is 5.97 Å². The Labute approximate surface area is 108 Å². The Morgan fingerprint density at radius 1 is 1.28 bits per heavy atom. The van der Waals surface area contributed by atoms with Crippen LogP contribution in [0, 0.1) is 0 Å². The summed E-state index contributed by atoms with van der Waals surface area (Å²) in [5.74, 6) is -0.698. The number of aryl methyl sites for hydroxylation is 1. The Bertz CT molecular complexity index is 405. The molecule has 0 atom stereocenters. The van der Waals surface area contributed by atoms with Gasteiger partial charge in [0.2, 0.25) is 0 Å². The summed E-state index contributed by atoms with van der Waals surface area (Å²) in [6.45, 7) is 3.94. The number of piperidine rings is 1. The summed E-state index contributed by atoms with van der Waals surface area (Å²) >= 11 is 0. The topological polar surface area (TPSA) is 49.3 Å². The van der Waals surface area contributed by atoms with Gasteiger partial charge in [0.15, 0.2) is 0 Å². The van der Waals surface area contributed by atoms with Gasteiger partial charge in [-0.15, -0.1) is 0 Å². The molecule has 1 aliphatic rings. The summed E-state index contributed by atoms with van der Waals surface area (Å²) in [5.41, 5.74) is 2.31. The molecule has 0 radical (unpaired) electrons. The highest BCUT2D eigenvalue weighted by Crippen LogP contribution is 2.37. The molecule has 0 aliphatic carbocycles. The number of hydrogen-bond acceptors (Lipinski definition) is 2. The molecule has 1 fully saturated rings. The van der Waals surface area contributed by atoms with Crippen molar-refractivity contribution in [3.05, 3.63) is 35.4 Å². The van der Waals surface area contributed by atoms with Crippen LogP contribution in [0.5, 0.6) is 0 Å². The highest BCUT2D eigenvalue weighted by Gasteiger charge is 2.35. The Morgan fingerprint density at radius 2 is 1.89 bits per heavy atom. The van der Waals surface area contributed by atoms with E-state index in [-0.39, 0.29) is 11.8 Å². The largest absolute Gasteiger partial charge is 0.481 e. The van der Waals surface area contributed by atoms with Gasteiger partial charge in [-0.25, -0.2) is 0 Å². The van der Waals surface area contributed by atoms with Crippen molar-refractivity contribution in [3.8, 4) is 0 Å². The second kappa shape index (κ2) is 5.53. The number of hydrogen-bond donors (Lipinski definition) is 2. The van der Waals surface area contributed by atoms with Crippen LogP contribution in [0.1, 0.15) is 37.3 Å². The van der Waals surface area contributed by atoms with Gasteiger partial charge in [0, 0.05) is 5.41 Å². The molecule has 0 spiro atoms. The van der Waals surface area contributed by atoms with Crippen molar-refractivity contribution in [3.63, 3.8) is 0 Å². The molecule has 0 aromatic heterocycles. The minimum absolute atomic E-state index is 0.177. The SMILES string of the molecule is CCc1ccc(C2(CC(=O)O)CCNCC2)cc1. The normalized spacial score (nSPS) is 18.5. The van der Waals surface area contributed by atoms with Gasteiger partial charge < -0.3 is 10.4 Å². The molecule has 1 aromatic rings. The van der Waals surface area contributed by atoms with Crippen molar-refractivity contribution in [1.29, 1.82) is 0 Å². The smallest absolute Gasteiger partial charge is 0.304 e. The van der Waals surface area contributed by atoms with E-state index in [1.165, 1.54) is 11.1 Å². The molecule has 1 heterocycles. The van der Waals surface area contributed by atoms with Crippen LogP contribution in [0.3, 0.4) is 0 Å². The molecule has 3 heteroatoms. The summed E-state index contributed by atoms with van der Waals surface area (Å²) in [7, 11) is 0. The minimum Gasteiger partial charge on any atom is -0.481 e. The predicted molar refractivity (Wildman–Crippen MR) is 71.9 cm³/mol. The van der Waals surface area contributed by atoms with Crippen LogP contribution in [0.15, 0.2) is 24.3 Å². The first-order chi connectivity index (χ1) is 8.66. The zero-order valence-electron chi connectivity index (χ0n) is 10.9. The molecule has 0 bridgehead atoms. The fourth-order valence-electron chi connectivity index (χ4n) is 2.86. The lowest BCUT2D eigenvalue weighted by Gasteiger charge is -2.37. The molecule has 0 amide bonds. The van der Waals surface area contributed by atoms with E-state index in [2.05, 4.69) is 36.5 Å². The fraction of sp³-hybridized carbons (Fsp3) is 0.533. The van der Waals surface area contributed by atoms with Crippen LogP contribution in [0.2, 0.25) is 0 Å². The lowest BCUT2D eigenvalue weighted by Crippen LogP contribution is -2.41. The first kappa shape index (κ1) is 13.1. The molecule has 2 N–H and O–H groups in total. The third kappa shape index (κ3) is 2.72. The van der Waals surface area contributed by atoms with Crippen LogP contribution >= 0.6 is 0 Å². The van der Waals surface area contributed by atoms with E-state index >= 15 is 0 Å². The average molecular weight is 247 g/mol. The maximum Gasteiger partial charge on any atom is 0.304 e. The second-order valence-electron chi connectivity index (χ2n) is 5.15. The van der Waals surface area contributed by atoms with Crippen LogP contribution in [0.4, 0.5) is 0 Å². The number of benzene rings is 1. The van der Waals surface area contributed by atoms with E-state index in [9.17, 15) is 9.90 Å². The van der Waals surface area contributed by atoms with Gasteiger partial charge in [0.25, 0.3) is 0 Å². The zero-order valence-corrected chi connectivity index (χ0v) is 10.9. The van der Waals surface area contributed by atoms with Gasteiger partial charge in [0.05, 0.1) is 6.42 Å². The summed E-state index contributed by atoms with van der Waals surface area (Å²) in [5, 5.41) is 12.5. The quantitative estimate of drug-likeness (QED) is 0.858. The molecule has 18 heavy (non-hydrogen) atoms. The van der Waals surface area contributed by atoms with E-state index in [0.717, 1.165) is 32.4 Å². The molecule has 1 aromatic carbocycles. The van der Waals surface area contributed by atoms with E-state index in [4.69, 9.17) is 0 Å². The zero-order chi connectivity index (χ0) is 13.0. The number of carboxylic acid groups (broad SMARTS) is 1. The molecular formula is C15H21NO2. The maximum absolute atomic E-state index is 11.1. The fourth-order valence-corrected chi connectivity index (χ4v) is 2.86. The van der Waals surface area contributed by atoms with Crippen molar-refractivity contribution < 1.29 is 9.90 Å². The Balaban J connectivity index is 2.29. The first-order valence-electron chi connectivity index (χ1n) is 6.68. The highest BCUT2D eigenvalue weighted by atomic mass is 16.4. The molecule has 0 saturated carbocycles. The summed E-state index contributed by atoms with van der Waals surface area (Å²) < 4.78 is 0. The lowest BCUT2D eigenvalue weighted by molar-refractivity contribution is -0.138. The van der Waals surface area contributed by atoms with Crippen LogP contribution in [-0.2, 0) is 16.6 Å². The molecule has 1 aliphatic heterocycles. The van der Waals surface area contributed by atoms with Crippen molar-refractivity contribution in [2.75, 3.05) is 13.1 Å². The van der Waals surface area contributed by atoms with Crippen molar-refractivity contribution >= 4 is 5.97 Å². The molecule has 2 rings (SSSR count). The second-order valence-corrected chi connectivity index (χ2v) is 5.15. The lowest BCUT2D eigenvalue weighted by atomic mass is 9.71. The third-order valence-corrected chi connectivity index (χ3v) is 4.02. The third-order valence-electron chi connectivity index (χ3n) is 4.02. The summed E-state index contributed by atoms with van der Waals surface area (Å²) in [6, 6.07) is 8.49. The molecule has 0 unspecified atom stereocenters.